The highest BCUT2D eigenvalue weighted by Crippen LogP contribution is 2.17. The third-order valence-corrected chi connectivity index (χ3v) is 3.60. The van der Waals surface area contributed by atoms with Gasteiger partial charge in [-0.05, 0) is 12.0 Å². The van der Waals surface area contributed by atoms with Crippen LogP contribution in [0.15, 0.2) is 30.3 Å². The minimum Gasteiger partial charge on any atom is -0.340 e. The fourth-order valence-electron chi connectivity index (χ4n) is 2.46. The number of halogens is 3. The lowest BCUT2D eigenvalue weighted by atomic mass is 10.1. The number of nitrogens with zero attached hydrogens (tertiary/aromatic N) is 2. The number of hydrogen-bond acceptors (Lipinski definition) is 2. The largest absolute Gasteiger partial charge is 0.401 e. The summed E-state index contributed by atoms with van der Waals surface area (Å²) in [5, 5.41) is 0. The normalized spacial score (nSPS) is 17.0. The summed E-state index contributed by atoms with van der Waals surface area (Å²) in [4.78, 5) is 15.1. The zero-order chi connectivity index (χ0) is 15.3. The van der Waals surface area contributed by atoms with Gasteiger partial charge in [-0.2, -0.15) is 13.2 Å². The van der Waals surface area contributed by atoms with Gasteiger partial charge in [-0.1, -0.05) is 30.3 Å². The van der Waals surface area contributed by atoms with E-state index in [4.69, 9.17) is 0 Å². The zero-order valence-electron chi connectivity index (χ0n) is 11.8. The fourth-order valence-corrected chi connectivity index (χ4v) is 2.46. The van der Waals surface area contributed by atoms with E-state index in [2.05, 4.69) is 0 Å². The molecule has 0 aromatic heterocycles. The van der Waals surface area contributed by atoms with E-state index in [1.54, 1.807) is 4.90 Å². The maximum absolute atomic E-state index is 12.3. The average molecular weight is 300 g/mol. The number of carbonyl (C=O) groups is 1. The molecule has 6 heteroatoms. The van der Waals surface area contributed by atoms with Crippen LogP contribution in [0.1, 0.15) is 12.0 Å². The summed E-state index contributed by atoms with van der Waals surface area (Å²) >= 11 is 0. The molecule has 1 amide bonds. The van der Waals surface area contributed by atoms with Crippen molar-refractivity contribution in [3.8, 4) is 0 Å². The second-order valence-electron chi connectivity index (χ2n) is 5.26. The highest BCUT2D eigenvalue weighted by Gasteiger charge is 2.32. The van der Waals surface area contributed by atoms with E-state index >= 15 is 0 Å². The molecule has 0 bridgehead atoms. The number of aryl methyl sites for hydroxylation is 1. The Labute approximate surface area is 122 Å². The molecule has 116 valence electrons. The van der Waals surface area contributed by atoms with Crippen LogP contribution in [0.4, 0.5) is 13.2 Å². The van der Waals surface area contributed by atoms with Crippen LogP contribution >= 0.6 is 0 Å². The predicted octanol–water partition coefficient (Wildman–Crippen LogP) is 2.33. The van der Waals surface area contributed by atoms with Crippen molar-refractivity contribution in [2.75, 3.05) is 32.7 Å². The molecule has 21 heavy (non-hydrogen) atoms. The minimum atomic E-state index is -4.17. The highest BCUT2D eigenvalue weighted by atomic mass is 19.4. The van der Waals surface area contributed by atoms with Crippen LogP contribution in [-0.4, -0.2) is 54.6 Å². The standard InChI is InChI=1S/C15H19F3N2O/c16-15(17,18)12-19-8-10-20(11-9-19)14(21)7-6-13-4-2-1-3-5-13/h1-5H,6-12H2. The van der Waals surface area contributed by atoms with Gasteiger partial charge in [0.2, 0.25) is 5.91 Å². The quantitative estimate of drug-likeness (QED) is 0.852. The maximum atomic E-state index is 12.3. The van der Waals surface area contributed by atoms with Crippen molar-refractivity contribution in [3.05, 3.63) is 35.9 Å². The predicted molar refractivity (Wildman–Crippen MR) is 73.8 cm³/mol. The van der Waals surface area contributed by atoms with E-state index in [0.29, 0.717) is 25.9 Å². The molecule has 1 aliphatic rings. The van der Waals surface area contributed by atoms with Crippen LogP contribution in [0.3, 0.4) is 0 Å². The molecule has 3 nitrogen and oxygen atoms in total. The first-order chi connectivity index (χ1) is 9.94. The molecule has 1 saturated heterocycles. The summed E-state index contributed by atoms with van der Waals surface area (Å²) < 4.78 is 36.8. The number of piperazine rings is 1. The lowest BCUT2D eigenvalue weighted by Gasteiger charge is -2.35. The molecule has 1 heterocycles. The summed E-state index contributed by atoms with van der Waals surface area (Å²) in [5.41, 5.74) is 1.10. The van der Waals surface area contributed by atoms with Gasteiger partial charge in [0, 0.05) is 32.6 Å². The van der Waals surface area contributed by atoms with Gasteiger partial charge in [0.05, 0.1) is 6.54 Å². The SMILES string of the molecule is O=C(CCc1ccccc1)N1CCN(CC(F)(F)F)CC1. The highest BCUT2D eigenvalue weighted by molar-refractivity contribution is 5.76. The molecule has 1 fully saturated rings. The molecule has 0 atom stereocenters. The van der Waals surface area contributed by atoms with Crippen molar-refractivity contribution in [1.29, 1.82) is 0 Å². The average Bonchev–Trinajstić information content (AvgIpc) is 2.45. The van der Waals surface area contributed by atoms with Crippen LogP contribution in [0, 0.1) is 0 Å². The Balaban J connectivity index is 1.73. The maximum Gasteiger partial charge on any atom is 0.401 e. The van der Waals surface area contributed by atoms with Gasteiger partial charge in [0.1, 0.15) is 0 Å². The Hall–Kier alpha value is -1.56. The Morgan fingerprint density at radius 2 is 1.67 bits per heavy atom. The van der Waals surface area contributed by atoms with Crippen LogP contribution in [-0.2, 0) is 11.2 Å². The van der Waals surface area contributed by atoms with Gasteiger partial charge in [-0.3, -0.25) is 9.69 Å². The first kappa shape index (κ1) is 15.8. The summed E-state index contributed by atoms with van der Waals surface area (Å²) in [5.74, 6) is 0.0190. The molecule has 0 spiro atoms. The fraction of sp³-hybridized carbons (Fsp3) is 0.533. The van der Waals surface area contributed by atoms with Gasteiger partial charge < -0.3 is 4.90 Å². The third kappa shape index (κ3) is 5.38. The van der Waals surface area contributed by atoms with Crippen LogP contribution in [0.25, 0.3) is 0 Å². The van der Waals surface area contributed by atoms with Gasteiger partial charge >= 0.3 is 6.18 Å². The van der Waals surface area contributed by atoms with Gasteiger partial charge in [0.25, 0.3) is 0 Å². The number of carbonyl (C=O) groups excluding carboxylic acids is 1. The molecular weight excluding hydrogens is 281 g/mol. The number of hydrogen-bond donors (Lipinski definition) is 0. The first-order valence-electron chi connectivity index (χ1n) is 7.05. The van der Waals surface area contributed by atoms with Crippen molar-refractivity contribution in [2.24, 2.45) is 0 Å². The molecule has 1 aromatic rings. The molecule has 0 N–H and O–H groups in total. The number of benzene rings is 1. The Morgan fingerprint density at radius 1 is 1.05 bits per heavy atom. The molecule has 1 aliphatic heterocycles. The first-order valence-corrected chi connectivity index (χ1v) is 7.05. The zero-order valence-corrected chi connectivity index (χ0v) is 11.8. The van der Waals surface area contributed by atoms with Crippen LogP contribution in [0.5, 0.6) is 0 Å². The van der Waals surface area contributed by atoms with E-state index in [0.717, 1.165) is 5.56 Å². The van der Waals surface area contributed by atoms with Gasteiger partial charge in [0.15, 0.2) is 0 Å². The molecule has 0 saturated carbocycles. The smallest absolute Gasteiger partial charge is 0.340 e. The summed E-state index contributed by atoms with van der Waals surface area (Å²) in [6.45, 7) is 0.444. The lowest BCUT2D eigenvalue weighted by Crippen LogP contribution is -2.50. The second-order valence-corrected chi connectivity index (χ2v) is 5.26. The Bertz CT molecular complexity index is 454. The minimum absolute atomic E-state index is 0.0190. The number of alkyl halides is 3. The van der Waals surface area contributed by atoms with Gasteiger partial charge in [-0.15, -0.1) is 0 Å². The second kappa shape index (κ2) is 6.93. The van der Waals surface area contributed by atoms with Crippen molar-refractivity contribution in [3.63, 3.8) is 0 Å². The van der Waals surface area contributed by atoms with Crippen molar-refractivity contribution >= 4 is 5.91 Å². The Morgan fingerprint density at radius 3 is 2.24 bits per heavy atom. The molecule has 0 radical (unpaired) electrons. The number of rotatable bonds is 4. The van der Waals surface area contributed by atoms with Gasteiger partial charge in [-0.25, -0.2) is 0 Å². The van der Waals surface area contributed by atoms with E-state index in [-0.39, 0.29) is 19.0 Å². The molecule has 0 aliphatic carbocycles. The van der Waals surface area contributed by atoms with E-state index in [9.17, 15) is 18.0 Å². The van der Waals surface area contributed by atoms with Crippen molar-refractivity contribution < 1.29 is 18.0 Å². The summed E-state index contributed by atoms with van der Waals surface area (Å²) in [6.07, 6.45) is -3.09. The monoisotopic (exact) mass is 300 g/mol. The topological polar surface area (TPSA) is 23.6 Å². The number of amides is 1. The van der Waals surface area contributed by atoms with E-state index < -0.39 is 12.7 Å². The molecular formula is C15H19F3N2O. The lowest BCUT2D eigenvalue weighted by molar-refractivity contribution is -0.151. The molecule has 2 rings (SSSR count). The van der Waals surface area contributed by atoms with Crippen LogP contribution in [0.2, 0.25) is 0 Å². The van der Waals surface area contributed by atoms with Crippen molar-refractivity contribution in [1.82, 2.24) is 9.80 Å². The van der Waals surface area contributed by atoms with E-state index in [1.165, 1.54) is 4.90 Å². The Kier molecular flexibility index (Phi) is 5.22. The van der Waals surface area contributed by atoms with Crippen LogP contribution < -0.4 is 0 Å². The van der Waals surface area contributed by atoms with Crippen molar-refractivity contribution in [2.45, 2.75) is 19.0 Å². The van der Waals surface area contributed by atoms with E-state index in [1.807, 2.05) is 30.3 Å². The summed E-state index contributed by atoms with van der Waals surface area (Å²) in [7, 11) is 0. The molecule has 0 unspecified atom stereocenters. The molecule has 1 aromatic carbocycles. The third-order valence-electron chi connectivity index (χ3n) is 3.60. The summed E-state index contributed by atoms with van der Waals surface area (Å²) in [6, 6.07) is 9.71.